The van der Waals surface area contributed by atoms with E-state index in [0.717, 1.165) is 16.7 Å². The molecule has 0 radical (unpaired) electrons. The van der Waals surface area contributed by atoms with Gasteiger partial charge in [0.25, 0.3) is 5.56 Å². The Balaban J connectivity index is 1.20. The monoisotopic (exact) mass is 457 g/mol. The number of ether oxygens (including phenoxy) is 2. The summed E-state index contributed by atoms with van der Waals surface area (Å²) < 4.78 is 13.8. The largest absolute Gasteiger partial charge is 0.454 e. The fourth-order valence-corrected chi connectivity index (χ4v) is 3.78. The SMILES string of the molecule is Cc1ccccc1Cn1cnc2c(cnn2CCNC(=O)/C=C\c2ccc3c(c2)OCO3)c1=O. The summed E-state index contributed by atoms with van der Waals surface area (Å²) in [6.45, 7) is 3.41. The summed E-state index contributed by atoms with van der Waals surface area (Å²) in [6, 6.07) is 13.4. The maximum atomic E-state index is 12.9. The van der Waals surface area contributed by atoms with Gasteiger partial charge in [0.2, 0.25) is 12.7 Å². The Hall–Kier alpha value is -4.40. The highest BCUT2D eigenvalue weighted by atomic mass is 16.7. The zero-order chi connectivity index (χ0) is 23.5. The third kappa shape index (κ3) is 4.40. The van der Waals surface area contributed by atoms with E-state index in [-0.39, 0.29) is 18.3 Å². The molecule has 172 valence electrons. The number of nitrogens with one attached hydrogen (secondary N) is 1. The van der Waals surface area contributed by atoms with Crippen molar-refractivity contribution in [3.05, 3.63) is 88.1 Å². The number of nitrogens with zero attached hydrogens (tertiary/aromatic N) is 4. The second kappa shape index (κ2) is 9.22. The van der Waals surface area contributed by atoms with Crippen LogP contribution in [0.25, 0.3) is 17.1 Å². The fourth-order valence-electron chi connectivity index (χ4n) is 3.78. The molecule has 0 saturated carbocycles. The summed E-state index contributed by atoms with van der Waals surface area (Å²) >= 11 is 0. The number of carbonyl (C=O) groups is 1. The van der Waals surface area contributed by atoms with Crippen molar-refractivity contribution in [2.24, 2.45) is 0 Å². The third-order valence-electron chi connectivity index (χ3n) is 5.67. The minimum Gasteiger partial charge on any atom is -0.454 e. The van der Waals surface area contributed by atoms with Crippen LogP contribution in [-0.4, -0.2) is 38.6 Å². The van der Waals surface area contributed by atoms with Crippen LogP contribution in [0.3, 0.4) is 0 Å². The highest BCUT2D eigenvalue weighted by Gasteiger charge is 2.13. The zero-order valence-corrected chi connectivity index (χ0v) is 18.6. The van der Waals surface area contributed by atoms with Crippen LogP contribution < -0.4 is 20.3 Å². The smallest absolute Gasteiger partial charge is 0.264 e. The molecule has 2 aromatic carbocycles. The van der Waals surface area contributed by atoms with E-state index in [0.29, 0.717) is 42.2 Å². The lowest BCUT2D eigenvalue weighted by atomic mass is 10.1. The molecule has 0 atom stereocenters. The van der Waals surface area contributed by atoms with Gasteiger partial charge >= 0.3 is 0 Å². The van der Waals surface area contributed by atoms with Crippen LogP contribution in [0.5, 0.6) is 11.5 Å². The van der Waals surface area contributed by atoms with E-state index in [2.05, 4.69) is 15.4 Å². The number of aryl methyl sites for hydroxylation is 1. The van der Waals surface area contributed by atoms with Gasteiger partial charge < -0.3 is 14.8 Å². The van der Waals surface area contributed by atoms with Crippen LogP contribution in [0, 0.1) is 6.92 Å². The summed E-state index contributed by atoms with van der Waals surface area (Å²) in [5, 5.41) is 7.56. The first-order valence-electron chi connectivity index (χ1n) is 10.9. The Morgan fingerprint density at radius 3 is 2.91 bits per heavy atom. The molecule has 0 fully saturated rings. The quantitative estimate of drug-likeness (QED) is 0.428. The van der Waals surface area contributed by atoms with Gasteiger partial charge in [0.15, 0.2) is 17.1 Å². The van der Waals surface area contributed by atoms with Gasteiger partial charge in [0.05, 0.1) is 19.3 Å². The van der Waals surface area contributed by atoms with Crippen molar-refractivity contribution in [1.82, 2.24) is 24.6 Å². The summed E-state index contributed by atoms with van der Waals surface area (Å²) in [4.78, 5) is 29.5. The van der Waals surface area contributed by atoms with Crippen LogP contribution in [0.2, 0.25) is 0 Å². The van der Waals surface area contributed by atoms with Crippen molar-refractivity contribution in [1.29, 1.82) is 0 Å². The van der Waals surface area contributed by atoms with Crippen molar-refractivity contribution in [2.45, 2.75) is 20.0 Å². The average molecular weight is 457 g/mol. The lowest BCUT2D eigenvalue weighted by Crippen LogP contribution is -2.26. The van der Waals surface area contributed by atoms with Gasteiger partial charge in [-0.25, -0.2) is 9.67 Å². The normalized spacial score (nSPS) is 12.5. The summed E-state index contributed by atoms with van der Waals surface area (Å²) in [6.07, 6.45) is 6.24. The van der Waals surface area contributed by atoms with Crippen LogP contribution in [-0.2, 0) is 17.9 Å². The van der Waals surface area contributed by atoms with Crippen molar-refractivity contribution in [2.75, 3.05) is 13.3 Å². The number of rotatable bonds is 7. The number of hydrogen-bond donors (Lipinski definition) is 1. The number of fused-ring (bicyclic) bond motifs is 2. The highest BCUT2D eigenvalue weighted by Crippen LogP contribution is 2.32. The minimum atomic E-state index is -0.234. The molecule has 9 nitrogen and oxygen atoms in total. The molecule has 9 heteroatoms. The van der Waals surface area contributed by atoms with E-state index in [1.165, 1.54) is 12.3 Å². The molecule has 2 aromatic heterocycles. The molecule has 0 unspecified atom stereocenters. The number of carbonyl (C=O) groups excluding carboxylic acids is 1. The minimum absolute atomic E-state index is 0.143. The van der Waals surface area contributed by atoms with Gasteiger partial charge in [0, 0.05) is 12.6 Å². The molecule has 1 aliphatic rings. The van der Waals surface area contributed by atoms with Gasteiger partial charge in [-0.15, -0.1) is 0 Å². The molecule has 1 N–H and O–H groups in total. The molecular formula is C25H23N5O4. The Labute approximate surface area is 195 Å². The molecule has 1 amide bonds. The van der Waals surface area contributed by atoms with Crippen LogP contribution in [0.4, 0.5) is 0 Å². The second-order valence-electron chi connectivity index (χ2n) is 7.95. The summed E-state index contributed by atoms with van der Waals surface area (Å²) in [5.74, 6) is 1.13. The first-order chi connectivity index (χ1) is 16.6. The van der Waals surface area contributed by atoms with Crippen molar-refractivity contribution in [3.63, 3.8) is 0 Å². The summed E-state index contributed by atoms with van der Waals surface area (Å²) in [5.41, 5.74) is 3.37. The molecule has 0 saturated heterocycles. The van der Waals surface area contributed by atoms with E-state index < -0.39 is 0 Å². The first kappa shape index (κ1) is 21.4. The zero-order valence-electron chi connectivity index (χ0n) is 18.6. The van der Waals surface area contributed by atoms with E-state index in [1.54, 1.807) is 21.7 Å². The molecule has 0 spiro atoms. The van der Waals surface area contributed by atoms with E-state index in [9.17, 15) is 9.59 Å². The van der Waals surface area contributed by atoms with Crippen molar-refractivity contribution in [3.8, 4) is 11.5 Å². The van der Waals surface area contributed by atoms with Gasteiger partial charge in [-0.3, -0.25) is 14.2 Å². The Morgan fingerprint density at radius 1 is 1.18 bits per heavy atom. The number of amides is 1. The number of hydrogen-bond acceptors (Lipinski definition) is 6. The third-order valence-corrected chi connectivity index (χ3v) is 5.67. The van der Waals surface area contributed by atoms with E-state index >= 15 is 0 Å². The van der Waals surface area contributed by atoms with Crippen LogP contribution in [0.15, 0.2) is 65.9 Å². The molecule has 4 aromatic rings. The maximum Gasteiger partial charge on any atom is 0.264 e. The highest BCUT2D eigenvalue weighted by molar-refractivity contribution is 5.91. The average Bonchev–Trinajstić information content (AvgIpc) is 3.48. The molecule has 0 aliphatic carbocycles. The molecule has 3 heterocycles. The van der Waals surface area contributed by atoms with Crippen LogP contribution >= 0.6 is 0 Å². The fraction of sp³-hybridized carbons (Fsp3) is 0.200. The van der Waals surface area contributed by atoms with Gasteiger partial charge in [-0.05, 0) is 41.8 Å². The maximum absolute atomic E-state index is 12.9. The van der Waals surface area contributed by atoms with E-state index in [1.807, 2.05) is 49.4 Å². The van der Waals surface area contributed by atoms with Gasteiger partial charge in [0.1, 0.15) is 11.7 Å². The molecule has 1 aliphatic heterocycles. The topological polar surface area (TPSA) is 100 Å². The Kier molecular flexibility index (Phi) is 5.82. The standard InChI is InChI=1S/C25H23N5O4/c1-17-4-2-3-5-19(17)14-29-15-27-24-20(25(29)32)13-28-30(24)11-10-26-23(31)9-7-18-6-8-21-22(12-18)34-16-33-21/h2-9,12-13,15H,10-11,14,16H2,1H3,(H,26,31)/b9-7-. The first-order valence-corrected chi connectivity index (χ1v) is 10.9. The van der Waals surface area contributed by atoms with E-state index in [4.69, 9.17) is 9.47 Å². The Morgan fingerprint density at radius 2 is 2.03 bits per heavy atom. The molecular weight excluding hydrogens is 434 g/mol. The van der Waals surface area contributed by atoms with Crippen molar-refractivity contribution >= 4 is 23.0 Å². The predicted molar refractivity (Wildman–Crippen MR) is 127 cm³/mol. The Bertz CT molecular complexity index is 1450. The summed E-state index contributed by atoms with van der Waals surface area (Å²) in [7, 11) is 0. The van der Waals surface area contributed by atoms with Crippen LogP contribution in [0.1, 0.15) is 16.7 Å². The second-order valence-corrected chi connectivity index (χ2v) is 7.95. The molecule has 5 rings (SSSR count). The predicted octanol–water partition coefficient (Wildman–Crippen LogP) is 2.51. The molecule has 0 bridgehead atoms. The molecule has 34 heavy (non-hydrogen) atoms. The van der Waals surface area contributed by atoms with Gasteiger partial charge in [-0.1, -0.05) is 30.3 Å². The number of benzene rings is 2. The lowest BCUT2D eigenvalue weighted by molar-refractivity contribution is -0.116. The lowest BCUT2D eigenvalue weighted by Gasteiger charge is -2.08. The van der Waals surface area contributed by atoms with Gasteiger partial charge in [-0.2, -0.15) is 5.10 Å². The van der Waals surface area contributed by atoms with Crippen molar-refractivity contribution < 1.29 is 14.3 Å². The number of aromatic nitrogens is 4.